The van der Waals surface area contributed by atoms with Gasteiger partial charge in [-0.1, -0.05) is 6.58 Å². The second-order valence-corrected chi connectivity index (χ2v) is 2.90. The van der Waals surface area contributed by atoms with Crippen LogP contribution in [-0.4, -0.2) is 35.0 Å². The van der Waals surface area contributed by atoms with Gasteiger partial charge in [-0.05, 0) is 13.3 Å². The molecule has 0 aromatic carbocycles. The highest BCUT2D eigenvalue weighted by Crippen LogP contribution is 2.02. The Hall–Kier alpha value is -0.870. The fraction of sp³-hybridized carbons (Fsp3) is 0.667. The van der Waals surface area contributed by atoms with Gasteiger partial charge >= 0.3 is 5.97 Å². The molecule has 0 spiro atoms. The van der Waals surface area contributed by atoms with Gasteiger partial charge in [0, 0.05) is 12.5 Å². The van der Waals surface area contributed by atoms with E-state index in [1.165, 1.54) is 0 Å². The first-order valence-electron chi connectivity index (χ1n) is 4.21. The van der Waals surface area contributed by atoms with Crippen molar-refractivity contribution >= 4 is 5.97 Å². The number of carbonyl (C=O) groups is 1. The molecular weight excluding hydrogens is 172 g/mol. The Morgan fingerprint density at radius 3 is 2.69 bits per heavy atom. The average molecular weight is 188 g/mol. The third-order valence-electron chi connectivity index (χ3n) is 1.48. The first kappa shape index (κ1) is 12.1. The Morgan fingerprint density at radius 1 is 1.62 bits per heavy atom. The van der Waals surface area contributed by atoms with Crippen LogP contribution in [-0.2, 0) is 9.53 Å². The Morgan fingerprint density at radius 2 is 2.23 bits per heavy atom. The lowest BCUT2D eigenvalue weighted by Gasteiger charge is -2.11. The molecule has 13 heavy (non-hydrogen) atoms. The molecule has 0 amide bonds. The summed E-state index contributed by atoms with van der Waals surface area (Å²) in [6.07, 6.45) is 0.541. The molecule has 0 aliphatic heterocycles. The Balaban J connectivity index is 3.41. The van der Waals surface area contributed by atoms with Gasteiger partial charge in [-0.3, -0.25) is 0 Å². The Kier molecular flexibility index (Phi) is 6.18. The van der Waals surface area contributed by atoms with Crippen LogP contribution in [0.3, 0.4) is 0 Å². The molecule has 0 rings (SSSR count). The number of rotatable bonds is 6. The number of hydrogen-bond donors (Lipinski definition) is 2. The van der Waals surface area contributed by atoms with Crippen molar-refractivity contribution in [2.75, 3.05) is 6.61 Å². The van der Waals surface area contributed by atoms with Crippen LogP contribution >= 0.6 is 0 Å². The molecule has 4 nitrogen and oxygen atoms in total. The lowest BCUT2D eigenvalue weighted by atomic mass is 10.1. The van der Waals surface area contributed by atoms with Crippen molar-refractivity contribution in [1.29, 1.82) is 0 Å². The summed E-state index contributed by atoms with van der Waals surface area (Å²) in [6.45, 7) is 4.98. The smallest absolute Gasteiger partial charge is 0.330 e. The highest BCUT2D eigenvalue weighted by molar-refractivity contribution is 5.81. The van der Waals surface area contributed by atoms with Gasteiger partial charge in [-0.15, -0.1) is 0 Å². The van der Waals surface area contributed by atoms with Crippen LogP contribution in [0.1, 0.15) is 19.8 Å². The molecule has 0 fully saturated rings. The number of aliphatic hydroxyl groups excluding tert-OH is 2. The lowest BCUT2D eigenvalue weighted by molar-refractivity contribution is -0.138. The highest BCUT2D eigenvalue weighted by atomic mass is 16.5. The number of esters is 1. The SMILES string of the molecule is C=CC(=O)OCCC(O)CC(C)O. The molecule has 4 heteroatoms. The van der Waals surface area contributed by atoms with Crippen molar-refractivity contribution in [3.05, 3.63) is 12.7 Å². The summed E-state index contributed by atoms with van der Waals surface area (Å²) in [5, 5.41) is 18.1. The quantitative estimate of drug-likeness (QED) is 0.463. The van der Waals surface area contributed by atoms with Crippen LogP contribution in [0.2, 0.25) is 0 Å². The molecule has 0 saturated carbocycles. The molecule has 0 aliphatic rings. The minimum Gasteiger partial charge on any atom is -0.462 e. The van der Waals surface area contributed by atoms with Gasteiger partial charge in [0.1, 0.15) is 0 Å². The third-order valence-corrected chi connectivity index (χ3v) is 1.48. The van der Waals surface area contributed by atoms with Crippen LogP contribution in [0.4, 0.5) is 0 Å². The molecule has 0 saturated heterocycles. The maximum Gasteiger partial charge on any atom is 0.330 e. The first-order valence-corrected chi connectivity index (χ1v) is 4.21. The van der Waals surface area contributed by atoms with Crippen molar-refractivity contribution in [1.82, 2.24) is 0 Å². The van der Waals surface area contributed by atoms with Crippen LogP contribution < -0.4 is 0 Å². The summed E-state index contributed by atoms with van der Waals surface area (Å²) in [5.41, 5.74) is 0. The number of carbonyl (C=O) groups excluding carboxylic acids is 1. The summed E-state index contributed by atoms with van der Waals surface area (Å²) in [7, 11) is 0. The van der Waals surface area contributed by atoms with Crippen molar-refractivity contribution in [3.63, 3.8) is 0 Å². The topological polar surface area (TPSA) is 66.8 Å². The second kappa shape index (κ2) is 6.62. The molecule has 2 atom stereocenters. The monoisotopic (exact) mass is 188 g/mol. The van der Waals surface area contributed by atoms with Gasteiger partial charge in [0.25, 0.3) is 0 Å². The molecule has 0 heterocycles. The lowest BCUT2D eigenvalue weighted by Crippen LogP contribution is -2.17. The third kappa shape index (κ3) is 7.49. The molecule has 0 aromatic rings. The van der Waals surface area contributed by atoms with Crippen LogP contribution in [0.15, 0.2) is 12.7 Å². The van der Waals surface area contributed by atoms with E-state index in [0.29, 0.717) is 12.8 Å². The van der Waals surface area contributed by atoms with E-state index in [9.17, 15) is 9.90 Å². The van der Waals surface area contributed by atoms with Gasteiger partial charge in [0.2, 0.25) is 0 Å². The molecular formula is C9H16O4. The van der Waals surface area contributed by atoms with Crippen molar-refractivity contribution < 1.29 is 19.7 Å². The van der Waals surface area contributed by atoms with E-state index in [-0.39, 0.29) is 6.61 Å². The minimum absolute atomic E-state index is 0.152. The van der Waals surface area contributed by atoms with Crippen molar-refractivity contribution in [2.45, 2.75) is 32.0 Å². The van der Waals surface area contributed by atoms with Crippen LogP contribution in [0, 0.1) is 0 Å². The van der Waals surface area contributed by atoms with Crippen LogP contribution in [0.5, 0.6) is 0 Å². The zero-order valence-corrected chi connectivity index (χ0v) is 7.77. The second-order valence-electron chi connectivity index (χ2n) is 2.90. The predicted molar refractivity (Wildman–Crippen MR) is 48.1 cm³/mol. The van der Waals surface area contributed by atoms with Gasteiger partial charge in [-0.2, -0.15) is 0 Å². The summed E-state index contributed by atoms with van der Waals surface area (Å²) >= 11 is 0. The Bertz CT molecular complexity index is 165. The van der Waals surface area contributed by atoms with Crippen molar-refractivity contribution in [3.8, 4) is 0 Å². The molecule has 0 aromatic heterocycles. The van der Waals surface area contributed by atoms with E-state index in [1.807, 2.05) is 0 Å². The van der Waals surface area contributed by atoms with Crippen LogP contribution in [0.25, 0.3) is 0 Å². The molecule has 2 unspecified atom stereocenters. The zero-order valence-electron chi connectivity index (χ0n) is 7.77. The van der Waals surface area contributed by atoms with Gasteiger partial charge < -0.3 is 14.9 Å². The summed E-state index contributed by atoms with van der Waals surface area (Å²) in [4.78, 5) is 10.5. The molecule has 0 aliphatic carbocycles. The maximum absolute atomic E-state index is 10.5. The fourth-order valence-electron chi connectivity index (χ4n) is 0.866. The maximum atomic E-state index is 10.5. The van der Waals surface area contributed by atoms with E-state index in [2.05, 4.69) is 11.3 Å². The largest absolute Gasteiger partial charge is 0.462 e. The minimum atomic E-state index is -0.627. The van der Waals surface area contributed by atoms with Gasteiger partial charge in [0.05, 0.1) is 18.8 Å². The Labute approximate surface area is 77.8 Å². The molecule has 76 valence electrons. The van der Waals surface area contributed by atoms with E-state index in [1.54, 1.807) is 6.92 Å². The number of hydrogen-bond acceptors (Lipinski definition) is 4. The molecule has 2 N–H and O–H groups in total. The van der Waals surface area contributed by atoms with Gasteiger partial charge in [-0.25, -0.2) is 4.79 Å². The fourth-order valence-corrected chi connectivity index (χ4v) is 0.866. The molecule has 0 radical (unpaired) electrons. The van der Waals surface area contributed by atoms with E-state index in [0.717, 1.165) is 6.08 Å². The highest BCUT2D eigenvalue weighted by Gasteiger charge is 2.08. The van der Waals surface area contributed by atoms with E-state index >= 15 is 0 Å². The average Bonchev–Trinajstić information content (AvgIpc) is 2.02. The van der Waals surface area contributed by atoms with Gasteiger partial charge in [0.15, 0.2) is 0 Å². The summed E-state index contributed by atoms with van der Waals surface area (Å²) < 4.78 is 4.64. The standard InChI is InChI=1S/C9H16O4/c1-3-9(12)13-5-4-8(11)6-7(2)10/h3,7-8,10-11H,1,4-6H2,2H3. The molecule has 0 bridgehead atoms. The predicted octanol–water partition coefficient (Wildman–Crippen LogP) is 0.237. The zero-order chi connectivity index (χ0) is 10.3. The number of ether oxygens (including phenoxy) is 1. The van der Waals surface area contributed by atoms with Crippen molar-refractivity contribution in [2.24, 2.45) is 0 Å². The summed E-state index contributed by atoms with van der Waals surface area (Å²) in [5.74, 6) is -0.496. The van der Waals surface area contributed by atoms with E-state index < -0.39 is 18.2 Å². The normalized spacial score (nSPS) is 14.7. The summed E-state index contributed by atoms with van der Waals surface area (Å²) in [6, 6.07) is 0. The van der Waals surface area contributed by atoms with E-state index in [4.69, 9.17) is 5.11 Å². The first-order chi connectivity index (χ1) is 6.06. The number of aliphatic hydroxyl groups is 2.